The van der Waals surface area contributed by atoms with Crippen molar-refractivity contribution in [2.75, 3.05) is 0 Å². The van der Waals surface area contributed by atoms with E-state index in [-0.39, 0.29) is 10.9 Å². The van der Waals surface area contributed by atoms with E-state index in [0.717, 1.165) is 25.7 Å². The first-order valence-corrected chi connectivity index (χ1v) is 7.12. The van der Waals surface area contributed by atoms with Crippen LogP contribution in [0.4, 0.5) is 0 Å². The molecular formula is C12H14N2O2S. The van der Waals surface area contributed by atoms with E-state index >= 15 is 0 Å². The van der Waals surface area contributed by atoms with Gasteiger partial charge in [0.05, 0.1) is 16.5 Å². The van der Waals surface area contributed by atoms with Crippen LogP contribution in [-0.4, -0.2) is 14.5 Å². The maximum Gasteiger partial charge on any atom is 0.240 e. The number of sulfonamides is 1. The highest BCUT2D eigenvalue weighted by Gasteiger charge is 2.22. The summed E-state index contributed by atoms with van der Waals surface area (Å²) in [6, 6.07) is 8.00. The van der Waals surface area contributed by atoms with Crippen molar-refractivity contribution in [2.24, 2.45) is 0 Å². The molecule has 1 N–H and O–H groups in total. The number of rotatable bonds is 3. The Kier molecular flexibility index (Phi) is 3.46. The Balaban J connectivity index is 2.16. The van der Waals surface area contributed by atoms with Crippen LogP contribution in [0.3, 0.4) is 0 Å². The van der Waals surface area contributed by atoms with E-state index in [2.05, 4.69) is 4.72 Å². The van der Waals surface area contributed by atoms with Gasteiger partial charge in [0.25, 0.3) is 0 Å². The highest BCUT2D eigenvalue weighted by atomic mass is 32.2. The number of hydrogen-bond donors (Lipinski definition) is 1. The van der Waals surface area contributed by atoms with E-state index in [0.29, 0.717) is 5.56 Å². The van der Waals surface area contributed by atoms with E-state index < -0.39 is 10.0 Å². The molecular weight excluding hydrogens is 236 g/mol. The highest BCUT2D eigenvalue weighted by molar-refractivity contribution is 7.89. The first-order valence-electron chi connectivity index (χ1n) is 5.64. The summed E-state index contributed by atoms with van der Waals surface area (Å²) in [4.78, 5) is 0.225. The van der Waals surface area contributed by atoms with E-state index in [1.807, 2.05) is 6.07 Å². The van der Waals surface area contributed by atoms with Gasteiger partial charge >= 0.3 is 0 Å². The quantitative estimate of drug-likeness (QED) is 0.889. The molecule has 0 aromatic heterocycles. The molecule has 0 bridgehead atoms. The lowest BCUT2D eigenvalue weighted by atomic mass is 10.2. The van der Waals surface area contributed by atoms with Crippen molar-refractivity contribution in [3.8, 4) is 6.07 Å². The van der Waals surface area contributed by atoms with E-state index in [4.69, 9.17) is 5.26 Å². The van der Waals surface area contributed by atoms with Gasteiger partial charge in [-0.25, -0.2) is 13.1 Å². The third-order valence-electron chi connectivity index (χ3n) is 2.97. The van der Waals surface area contributed by atoms with Crippen LogP contribution >= 0.6 is 0 Å². The Morgan fingerprint density at radius 1 is 1.18 bits per heavy atom. The van der Waals surface area contributed by atoms with Crippen molar-refractivity contribution >= 4 is 10.0 Å². The molecule has 0 unspecified atom stereocenters. The largest absolute Gasteiger partial charge is 0.240 e. The van der Waals surface area contributed by atoms with Gasteiger partial charge in [-0.1, -0.05) is 12.8 Å². The second-order valence-corrected chi connectivity index (χ2v) is 5.95. The fourth-order valence-electron chi connectivity index (χ4n) is 2.04. The molecule has 90 valence electrons. The summed E-state index contributed by atoms with van der Waals surface area (Å²) in [7, 11) is -3.43. The minimum Gasteiger partial charge on any atom is -0.208 e. The van der Waals surface area contributed by atoms with E-state index in [1.54, 1.807) is 0 Å². The van der Waals surface area contributed by atoms with E-state index in [1.165, 1.54) is 24.3 Å². The summed E-state index contributed by atoms with van der Waals surface area (Å²) in [6.45, 7) is 0. The van der Waals surface area contributed by atoms with Crippen molar-refractivity contribution in [3.63, 3.8) is 0 Å². The molecule has 1 aromatic rings. The van der Waals surface area contributed by atoms with Crippen LogP contribution in [0.25, 0.3) is 0 Å². The third kappa shape index (κ3) is 2.84. The Morgan fingerprint density at radius 3 is 2.29 bits per heavy atom. The molecule has 0 amide bonds. The summed E-state index contributed by atoms with van der Waals surface area (Å²) in [5.74, 6) is 0. The minimum atomic E-state index is -3.43. The van der Waals surface area contributed by atoms with Gasteiger partial charge in [0.1, 0.15) is 0 Å². The maximum absolute atomic E-state index is 12.0. The van der Waals surface area contributed by atoms with Gasteiger partial charge in [0, 0.05) is 6.04 Å². The van der Waals surface area contributed by atoms with Crippen LogP contribution in [-0.2, 0) is 10.0 Å². The summed E-state index contributed by atoms with van der Waals surface area (Å²) in [5.41, 5.74) is 0.463. The van der Waals surface area contributed by atoms with Gasteiger partial charge in [-0.2, -0.15) is 5.26 Å². The lowest BCUT2D eigenvalue weighted by molar-refractivity contribution is 0.552. The smallest absolute Gasteiger partial charge is 0.208 e. The van der Waals surface area contributed by atoms with E-state index in [9.17, 15) is 8.42 Å². The molecule has 5 heteroatoms. The zero-order valence-corrected chi connectivity index (χ0v) is 10.2. The maximum atomic E-state index is 12.0. The molecule has 0 spiro atoms. The molecule has 1 aliphatic rings. The summed E-state index contributed by atoms with van der Waals surface area (Å²) in [6.07, 6.45) is 3.99. The second-order valence-electron chi connectivity index (χ2n) is 4.24. The lowest BCUT2D eigenvalue weighted by Crippen LogP contribution is -2.32. The molecule has 1 aliphatic carbocycles. The second kappa shape index (κ2) is 4.86. The van der Waals surface area contributed by atoms with Gasteiger partial charge in [0.15, 0.2) is 0 Å². The first-order chi connectivity index (χ1) is 8.12. The predicted octanol–water partition coefficient (Wildman–Crippen LogP) is 1.78. The molecule has 1 fully saturated rings. The Hall–Kier alpha value is -1.38. The fraction of sp³-hybridized carbons (Fsp3) is 0.417. The molecule has 0 aliphatic heterocycles. The first kappa shape index (κ1) is 12.1. The lowest BCUT2D eigenvalue weighted by Gasteiger charge is -2.12. The zero-order valence-electron chi connectivity index (χ0n) is 9.39. The number of nitrogens with one attached hydrogen (secondary N) is 1. The van der Waals surface area contributed by atoms with Crippen LogP contribution in [0.1, 0.15) is 31.2 Å². The molecule has 17 heavy (non-hydrogen) atoms. The van der Waals surface area contributed by atoms with Crippen molar-refractivity contribution in [1.29, 1.82) is 5.26 Å². The highest BCUT2D eigenvalue weighted by Crippen LogP contribution is 2.20. The van der Waals surface area contributed by atoms with Crippen LogP contribution in [0.5, 0.6) is 0 Å². The third-order valence-corrected chi connectivity index (χ3v) is 4.51. The number of hydrogen-bond acceptors (Lipinski definition) is 3. The van der Waals surface area contributed by atoms with Gasteiger partial charge in [-0.05, 0) is 37.1 Å². The fourth-order valence-corrected chi connectivity index (χ4v) is 3.34. The van der Waals surface area contributed by atoms with Gasteiger partial charge in [-0.3, -0.25) is 0 Å². The normalized spacial score (nSPS) is 16.9. The molecule has 2 rings (SSSR count). The van der Waals surface area contributed by atoms with Crippen molar-refractivity contribution in [3.05, 3.63) is 29.8 Å². The average Bonchev–Trinajstić information content (AvgIpc) is 2.81. The number of nitriles is 1. The molecule has 0 heterocycles. The summed E-state index contributed by atoms with van der Waals surface area (Å²) >= 11 is 0. The van der Waals surface area contributed by atoms with Crippen LogP contribution in [0.15, 0.2) is 29.2 Å². The van der Waals surface area contributed by atoms with Gasteiger partial charge in [-0.15, -0.1) is 0 Å². The molecule has 0 radical (unpaired) electrons. The number of nitrogens with zero attached hydrogens (tertiary/aromatic N) is 1. The summed E-state index contributed by atoms with van der Waals surface area (Å²) < 4.78 is 26.7. The summed E-state index contributed by atoms with van der Waals surface area (Å²) in [5, 5.41) is 8.65. The average molecular weight is 250 g/mol. The topological polar surface area (TPSA) is 70.0 Å². The standard InChI is InChI=1S/C12H14N2O2S/c13-9-10-5-7-12(8-6-10)17(15,16)14-11-3-1-2-4-11/h5-8,11,14H,1-4H2. The van der Waals surface area contributed by atoms with Crippen molar-refractivity contribution in [2.45, 2.75) is 36.6 Å². The Morgan fingerprint density at radius 2 is 1.76 bits per heavy atom. The monoisotopic (exact) mass is 250 g/mol. The SMILES string of the molecule is N#Cc1ccc(S(=O)(=O)NC2CCCC2)cc1. The van der Waals surface area contributed by atoms with Gasteiger partial charge < -0.3 is 0 Å². The zero-order chi connectivity index (χ0) is 12.3. The Bertz CT molecular complexity index is 523. The molecule has 1 aromatic carbocycles. The van der Waals surface area contributed by atoms with Crippen LogP contribution < -0.4 is 4.72 Å². The molecule has 1 saturated carbocycles. The number of benzene rings is 1. The van der Waals surface area contributed by atoms with Crippen molar-refractivity contribution < 1.29 is 8.42 Å². The molecule has 4 nitrogen and oxygen atoms in total. The van der Waals surface area contributed by atoms with Gasteiger partial charge in [0.2, 0.25) is 10.0 Å². The Labute approximate surface area is 101 Å². The van der Waals surface area contributed by atoms with Crippen molar-refractivity contribution in [1.82, 2.24) is 4.72 Å². The molecule has 0 atom stereocenters. The predicted molar refractivity (Wildman–Crippen MR) is 63.7 cm³/mol. The minimum absolute atomic E-state index is 0.0654. The van der Waals surface area contributed by atoms with Crippen LogP contribution in [0, 0.1) is 11.3 Å². The molecule has 0 saturated heterocycles. The van der Waals surface area contributed by atoms with Crippen LogP contribution in [0.2, 0.25) is 0 Å².